The zero-order valence-corrected chi connectivity index (χ0v) is 16.4. The number of amides is 1. The summed E-state index contributed by atoms with van der Waals surface area (Å²) in [5.41, 5.74) is 1.86. The maximum Gasteiger partial charge on any atom is 0.234 e. The first kappa shape index (κ1) is 20.3. The Hall–Kier alpha value is -2.04. The van der Waals surface area contributed by atoms with Crippen LogP contribution in [0.2, 0.25) is 5.02 Å². The molecule has 0 radical (unpaired) electrons. The van der Waals surface area contributed by atoms with E-state index in [1.165, 1.54) is 0 Å². The standard InChI is InChI=1S/C21H27ClN2O2/c1-4-21(5-2,17-10-12-18(22)13-11-17)24-15-20(25)23-14-16-8-6-7-9-19(16)26-3/h6-13,24H,4-5,14-15H2,1-3H3,(H,23,25). The predicted octanol–water partition coefficient (Wildman–Crippen LogP) is 4.27. The number of methoxy groups -OCH3 is 1. The Morgan fingerprint density at radius 3 is 2.35 bits per heavy atom. The molecule has 4 nitrogen and oxygen atoms in total. The monoisotopic (exact) mass is 374 g/mol. The van der Waals surface area contributed by atoms with Crippen LogP contribution in [0.5, 0.6) is 5.75 Å². The van der Waals surface area contributed by atoms with Crippen molar-refractivity contribution in [2.24, 2.45) is 0 Å². The fourth-order valence-electron chi connectivity index (χ4n) is 3.13. The summed E-state index contributed by atoms with van der Waals surface area (Å²) in [6.07, 6.45) is 1.76. The van der Waals surface area contributed by atoms with Gasteiger partial charge in [0.15, 0.2) is 0 Å². The molecule has 2 N–H and O–H groups in total. The molecule has 0 atom stereocenters. The van der Waals surface area contributed by atoms with Crippen molar-refractivity contribution in [1.29, 1.82) is 0 Å². The molecular formula is C21H27ClN2O2. The molecule has 26 heavy (non-hydrogen) atoms. The van der Waals surface area contributed by atoms with Crippen molar-refractivity contribution in [3.8, 4) is 5.75 Å². The molecule has 0 saturated heterocycles. The maximum absolute atomic E-state index is 12.3. The second-order valence-corrected chi connectivity index (χ2v) is 6.67. The van der Waals surface area contributed by atoms with E-state index >= 15 is 0 Å². The third-order valence-electron chi connectivity index (χ3n) is 4.86. The summed E-state index contributed by atoms with van der Waals surface area (Å²) in [5.74, 6) is 0.731. The number of benzene rings is 2. The highest BCUT2D eigenvalue weighted by Crippen LogP contribution is 2.29. The smallest absolute Gasteiger partial charge is 0.234 e. The number of carbonyl (C=O) groups excluding carboxylic acids is 1. The van der Waals surface area contributed by atoms with Crippen LogP contribution in [0.1, 0.15) is 37.8 Å². The lowest BCUT2D eigenvalue weighted by Crippen LogP contribution is -2.46. The summed E-state index contributed by atoms with van der Waals surface area (Å²) < 4.78 is 5.32. The van der Waals surface area contributed by atoms with E-state index in [0.29, 0.717) is 11.6 Å². The first-order chi connectivity index (χ1) is 12.5. The Labute approximate surface area is 160 Å². The summed E-state index contributed by atoms with van der Waals surface area (Å²) in [7, 11) is 1.63. The van der Waals surface area contributed by atoms with Crippen LogP contribution < -0.4 is 15.4 Å². The van der Waals surface area contributed by atoms with Crippen LogP contribution in [0.4, 0.5) is 0 Å². The lowest BCUT2D eigenvalue weighted by molar-refractivity contribution is -0.120. The number of rotatable bonds is 9. The number of carbonyl (C=O) groups is 1. The molecule has 2 aromatic carbocycles. The maximum atomic E-state index is 12.3. The van der Waals surface area contributed by atoms with Crippen molar-refractivity contribution in [3.05, 3.63) is 64.7 Å². The Balaban J connectivity index is 1.98. The minimum absolute atomic E-state index is 0.0452. The topological polar surface area (TPSA) is 50.4 Å². The van der Waals surface area contributed by atoms with Crippen LogP contribution in [-0.4, -0.2) is 19.6 Å². The van der Waals surface area contributed by atoms with Crippen molar-refractivity contribution < 1.29 is 9.53 Å². The summed E-state index contributed by atoms with van der Waals surface area (Å²) in [4.78, 5) is 12.3. The first-order valence-corrected chi connectivity index (χ1v) is 9.32. The van der Waals surface area contributed by atoms with E-state index in [1.54, 1.807) is 7.11 Å². The fraction of sp³-hybridized carbons (Fsp3) is 0.381. The molecule has 0 aromatic heterocycles. The van der Waals surface area contributed by atoms with E-state index < -0.39 is 0 Å². The van der Waals surface area contributed by atoms with Gasteiger partial charge in [-0.3, -0.25) is 10.1 Å². The second kappa shape index (κ2) is 9.60. The van der Waals surface area contributed by atoms with Crippen LogP contribution in [0.3, 0.4) is 0 Å². The molecule has 0 unspecified atom stereocenters. The minimum atomic E-state index is -0.244. The Morgan fingerprint density at radius 2 is 1.73 bits per heavy atom. The van der Waals surface area contributed by atoms with Gasteiger partial charge in [-0.1, -0.05) is 55.8 Å². The van der Waals surface area contributed by atoms with E-state index in [4.69, 9.17) is 16.3 Å². The molecule has 5 heteroatoms. The Kier molecular flexibility index (Phi) is 7.49. The average Bonchev–Trinajstić information content (AvgIpc) is 2.68. The van der Waals surface area contributed by atoms with Crippen LogP contribution in [0.25, 0.3) is 0 Å². The van der Waals surface area contributed by atoms with Crippen LogP contribution in [0, 0.1) is 0 Å². The number of nitrogens with one attached hydrogen (secondary N) is 2. The fourth-order valence-corrected chi connectivity index (χ4v) is 3.26. The van der Waals surface area contributed by atoms with Gasteiger partial charge in [-0.15, -0.1) is 0 Å². The SMILES string of the molecule is CCC(CC)(NCC(=O)NCc1ccccc1OC)c1ccc(Cl)cc1. The van der Waals surface area contributed by atoms with Gasteiger partial charge in [-0.05, 0) is 36.6 Å². The lowest BCUT2D eigenvalue weighted by atomic mass is 9.84. The van der Waals surface area contributed by atoms with Crippen LogP contribution in [0.15, 0.2) is 48.5 Å². The van der Waals surface area contributed by atoms with E-state index in [9.17, 15) is 4.79 Å². The Bertz CT molecular complexity index is 712. The van der Waals surface area contributed by atoms with Crippen molar-refractivity contribution >= 4 is 17.5 Å². The number of ether oxygens (including phenoxy) is 1. The highest BCUT2D eigenvalue weighted by atomic mass is 35.5. The molecule has 140 valence electrons. The van der Waals surface area contributed by atoms with Gasteiger partial charge < -0.3 is 10.1 Å². The van der Waals surface area contributed by atoms with E-state index in [-0.39, 0.29) is 18.0 Å². The summed E-state index contributed by atoms with van der Waals surface area (Å²) in [5, 5.41) is 7.11. The largest absolute Gasteiger partial charge is 0.496 e. The van der Waals surface area contributed by atoms with Gasteiger partial charge in [-0.25, -0.2) is 0 Å². The van der Waals surface area contributed by atoms with Gasteiger partial charge >= 0.3 is 0 Å². The third kappa shape index (κ3) is 4.99. The molecule has 0 aliphatic rings. The predicted molar refractivity (Wildman–Crippen MR) is 107 cm³/mol. The normalized spacial score (nSPS) is 11.2. The highest BCUT2D eigenvalue weighted by Gasteiger charge is 2.28. The zero-order chi connectivity index (χ0) is 19.0. The molecule has 0 bridgehead atoms. The van der Waals surface area contributed by atoms with Crippen LogP contribution >= 0.6 is 11.6 Å². The van der Waals surface area contributed by atoms with E-state index in [2.05, 4.69) is 24.5 Å². The van der Waals surface area contributed by atoms with Crippen molar-refractivity contribution in [2.75, 3.05) is 13.7 Å². The molecular weight excluding hydrogens is 348 g/mol. The number of hydrogen-bond acceptors (Lipinski definition) is 3. The highest BCUT2D eigenvalue weighted by molar-refractivity contribution is 6.30. The molecule has 2 rings (SSSR count). The number of halogens is 1. The van der Waals surface area contributed by atoms with E-state index in [0.717, 1.165) is 29.7 Å². The quantitative estimate of drug-likeness (QED) is 0.689. The molecule has 0 saturated carbocycles. The van der Waals surface area contributed by atoms with Crippen molar-refractivity contribution in [1.82, 2.24) is 10.6 Å². The van der Waals surface area contributed by atoms with Gasteiger partial charge in [0.05, 0.1) is 13.7 Å². The van der Waals surface area contributed by atoms with Crippen LogP contribution in [-0.2, 0) is 16.9 Å². The molecule has 0 heterocycles. The van der Waals surface area contributed by atoms with Gasteiger partial charge in [0.1, 0.15) is 5.75 Å². The molecule has 1 amide bonds. The summed E-state index contributed by atoms with van der Waals surface area (Å²) in [6.45, 7) is 4.94. The van der Waals surface area contributed by atoms with Gasteiger partial charge in [0, 0.05) is 22.7 Å². The van der Waals surface area contributed by atoms with Gasteiger partial charge in [-0.2, -0.15) is 0 Å². The molecule has 2 aromatic rings. The third-order valence-corrected chi connectivity index (χ3v) is 5.11. The second-order valence-electron chi connectivity index (χ2n) is 6.24. The lowest BCUT2D eigenvalue weighted by Gasteiger charge is -2.33. The summed E-state index contributed by atoms with van der Waals surface area (Å²) in [6, 6.07) is 15.5. The molecule has 0 aliphatic carbocycles. The average molecular weight is 375 g/mol. The first-order valence-electron chi connectivity index (χ1n) is 8.94. The molecule has 0 spiro atoms. The van der Waals surface area contributed by atoms with Crippen molar-refractivity contribution in [2.45, 2.75) is 38.8 Å². The number of para-hydroxylation sites is 1. The summed E-state index contributed by atoms with van der Waals surface area (Å²) >= 11 is 6.01. The van der Waals surface area contributed by atoms with Crippen molar-refractivity contribution in [3.63, 3.8) is 0 Å². The molecule has 0 aliphatic heterocycles. The zero-order valence-electron chi connectivity index (χ0n) is 15.6. The minimum Gasteiger partial charge on any atom is -0.496 e. The number of hydrogen-bond donors (Lipinski definition) is 2. The van der Waals surface area contributed by atoms with Gasteiger partial charge in [0.25, 0.3) is 0 Å². The van der Waals surface area contributed by atoms with E-state index in [1.807, 2.05) is 48.5 Å². The Morgan fingerprint density at radius 1 is 1.08 bits per heavy atom. The molecule has 0 fully saturated rings. The van der Waals surface area contributed by atoms with Gasteiger partial charge in [0.2, 0.25) is 5.91 Å².